The van der Waals surface area contributed by atoms with Crippen molar-refractivity contribution in [1.82, 2.24) is 31.9 Å². The van der Waals surface area contributed by atoms with Crippen molar-refractivity contribution in [2.45, 2.75) is 143 Å². The van der Waals surface area contributed by atoms with Gasteiger partial charge in [-0.3, -0.25) is 14.9 Å². The van der Waals surface area contributed by atoms with E-state index >= 15 is 0 Å². The van der Waals surface area contributed by atoms with Gasteiger partial charge in [0.2, 0.25) is 5.96 Å². The zero-order valence-corrected chi connectivity index (χ0v) is 32.5. The van der Waals surface area contributed by atoms with Crippen LogP contribution in [-0.2, 0) is 23.8 Å². The standard InChI is InChI=1S/C33H62FN7O8.ClH/c1-23(39-28(44)47-31(2,3)4)17-22-35-18-15-16-20-37-26(43)24(34)25(42)36-19-13-11-12-14-21-38-27(40-29(45)48-32(5,6)7)41-30(46)49-33(8,9)10;/h23-24,35H,11-22H2,1-10H3,(H,36,42)(H,37,43)(H,39,44)(H2,38,40,41,45,46);1H. The van der Waals surface area contributed by atoms with Crippen LogP contribution in [0, 0.1) is 0 Å². The maximum absolute atomic E-state index is 14.3. The molecule has 0 radical (unpaired) electrons. The van der Waals surface area contributed by atoms with Gasteiger partial charge in [0, 0.05) is 25.7 Å². The number of guanidine groups is 1. The van der Waals surface area contributed by atoms with Gasteiger partial charge in [0.05, 0.1) is 0 Å². The van der Waals surface area contributed by atoms with Gasteiger partial charge in [-0.25, -0.2) is 18.8 Å². The molecule has 0 spiro atoms. The van der Waals surface area contributed by atoms with Crippen molar-refractivity contribution in [2.24, 2.45) is 4.99 Å². The number of carbonyl (C=O) groups excluding carboxylic acids is 5. The summed E-state index contributed by atoms with van der Waals surface area (Å²) in [5, 5.41) is 16.2. The van der Waals surface area contributed by atoms with Crippen LogP contribution in [-0.4, -0.2) is 97.8 Å². The van der Waals surface area contributed by atoms with Gasteiger partial charge in [0.15, 0.2) is 0 Å². The van der Waals surface area contributed by atoms with Crippen molar-refractivity contribution >= 4 is 48.5 Å². The number of nitrogens with one attached hydrogen (secondary N) is 6. The Labute approximate surface area is 303 Å². The molecule has 0 aromatic rings. The number of nitrogens with zero attached hydrogens (tertiary/aromatic N) is 1. The average Bonchev–Trinajstić information content (AvgIpc) is 2.91. The summed E-state index contributed by atoms with van der Waals surface area (Å²) in [6.45, 7) is 19.7. The summed E-state index contributed by atoms with van der Waals surface area (Å²) >= 11 is 0. The maximum atomic E-state index is 14.3. The highest BCUT2D eigenvalue weighted by molar-refractivity contribution is 6.03. The Bertz CT molecular complexity index is 1080. The number of alkyl halides is 1. The third-order valence-corrected chi connectivity index (χ3v) is 5.97. The number of amides is 5. The van der Waals surface area contributed by atoms with Crippen molar-refractivity contribution in [2.75, 3.05) is 32.7 Å². The van der Waals surface area contributed by atoms with Crippen LogP contribution >= 0.6 is 12.4 Å². The molecule has 0 aliphatic carbocycles. The van der Waals surface area contributed by atoms with Crippen LogP contribution in [0.5, 0.6) is 0 Å². The lowest BCUT2D eigenvalue weighted by molar-refractivity contribution is -0.136. The molecule has 292 valence electrons. The fraction of sp³-hybridized carbons (Fsp3) is 0.818. The Morgan fingerprint density at radius 2 is 1.06 bits per heavy atom. The van der Waals surface area contributed by atoms with Crippen LogP contribution in [0.1, 0.15) is 114 Å². The second kappa shape index (κ2) is 24.7. The van der Waals surface area contributed by atoms with E-state index in [9.17, 15) is 28.4 Å². The Kier molecular flexibility index (Phi) is 24.1. The predicted octanol–water partition coefficient (Wildman–Crippen LogP) is 4.62. The largest absolute Gasteiger partial charge is 0.444 e. The van der Waals surface area contributed by atoms with Gasteiger partial charge in [-0.1, -0.05) is 12.8 Å². The van der Waals surface area contributed by atoms with Gasteiger partial charge in [-0.15, -0.1) is 17.4 Å². The number of hydrogen-bond donors (Lipinski definition) is 6. The number of unbranched alkanes of at least 4 members (excludes halogenated alkanes) is 4. The quantitative estimate of drug-likeness (QED) is 0.0379. The van der Waals surface area contributed by atoms with Gasteiger partial charge in [0.25, 0.3) is 18.0 Å². The summed E-state index contributed by atoms with van der Waals surface area (Å²) in [5.41, 5.74) is -2.05. The van der Waals surface area contributed by atoms with E-state index in [4.69, 9.17) is 14.2 Å². The Morgan fingerprint density at radius 1 is 0.620 bits per heavy atom. The molecular weight excluding hydrogens is 677 g/mol. The molecule has 17 heteroatoms. The van der Waals surface area contributed by atoms with E-state index in [1.807, 2.05) is 6.92 Å². The third kappa shape index (κ3) is 29.5. The van der Waals surface area contributed by atoms with E-state index in [-0.39, 0.29) is 37.5 Å². The molecule has 0 saturated carbocycles. The minimum absolute atomic E-state index is 0. The molecule has 5 amide bonds. The molecule has 50 heavy (non-hydrogen) atoms. The first kappa shape index (κ1) is 48.7. The molecule has 6 N–H and O–H groups in total. The third-order valence-electron chi connectivity index (χ3n) is 5.97. The highest BCUT2D eigenvalue weighted by Crippen LogP contribution is 2.09. The van der Waals surface area contributed by atoms with Crippen molar-refractivity contribution in [3.8, 4) is 0 Å². The van der Waals surface area contributed by atoms with E-state index in [2.05, 4.69) is 36.9 Å². The molecule has 0 heterocycles. The lowest BCUT2D eigenvalue weighted by atomic mass is 10.2. The summed E-state index contributed by atoms with van der Waals surface area (Å²) in [6, 6.07) is -0.0553. The number of ether oxygens (including phenoxy) is 3. The summed E-state index contributed by atoms with van der Waals surface area (Å²) in [6.07, 6.45) is 0.320. The van der Waals surface area contributed by atoms with Crippen LogP contribution in [0.15, 0.2) is 4.99 Å². The molecule has 0 bridgehead atoms. The molecule has 0 fully saturated rings. The fourth-order valence-corrected chi connectivity index (χ4v) is 3.82. The highest BCUT2D eigenvalue weighted by Gasteiger charge is 2.25. The first-order valence-electron chi connectivity index (χ1n) is 17.0. The minimum atomic E-state index is -2.29. The average molecular weight is 740 g/mol. The number of rotatable bonds is 18. The summed E-state index contributed by atoms with van der Waals surface area (Å²) in [7, 11) is 0. The van der Waals surface area contributed by atoms with Gasteiger partial charge in [-0.05, 0) is 114 Å². The SMILES string of the molecule is CC(CCNCCCCNC(=O)C(F)C(=O)NCCCCCCN/C(=N/C(=O)OC(C)(C)C)NC(=O)OC(C)(C)C)NC(=O)OC(C)(C)C.Cl. The number of aliphatic imine (C=N–C) groups is 1. The lowest BCUT2D eigenvalue weighted by Crippen LogP contribution is -2.44. The Balaban J connectivity index is 0. The van der Waals surface area contributed by atoms with E-state index in [1.165, 1.54) is 0 Å². The van der Waals surface area contributed by atoms with Crippen LogP contribution in [0.25, 0.3) is 0 Å². The smallest absolute Gasteiger partial charge is 0.437 e. The number of alkyl carbamates (subject to hydrolysis) is 2. The van der Waals surface area contributed by atoms with Crippen LogP contribution in [0.2, 0.25) is 0 Å². The predicted molar refractivity (Wildman–Crippen MR) is 193 cm³/mol. The fourth-order valence-electron chi connectivity index (χ4n) is 3.82. The number of carbonyl (C=O) groups is 5. The van der Waals surface area contributed by atoms with E-state index in [1.54, 1.807) is 62.3 Å². The first-order valence-corrected chi connectivity index (χ1v) is 17.0. The lowest BCUT2D eigenvalue weighted by Gasteiger charge is -2.22. The Morgan fingerprint density at radius 3 is 1.56 bits per heavy atom. The van der Waals surface area contributed by atoms with Crippen LogP contribution < -0.4 is 31.9 Å². The number of halogens is 2. The zero-order chi connectivity index (χ0) is 37.7. The molecule has 0 aliphatic rings. The highest BCUT2D eigenvalue weighted by atomic mass is 35.5. The van der Waals surface area contributed by atoms with E-state index in [0.717, 1.165) is 12.8 Å². The van der Waals surface area contributed by atoms with E-state index in [0.29, 0.717) is 51.7 Å². The van der Waals surface area contributed by atoms with Crippen LogP contribution in [0.3, 0.4) is 0 Å². The molecule has 0 rings (SSSR count). The van der Waals surface area contributed by atoms with Gasteiger partial charge in [-0.2, -0.15) is 0 Å². The Hall–Kier alpha value is -3.40. The molecule has 0 aliphatic heterocycles. The van der Waals surface area contributed by atoms with Crippen molar-refractivity contribution in [3.63, 3.8) is 0 Å². The maximum Gasteiger partial charge on any atom is 0.437 e. The van der Waals surface area contributed by atoms with Gasteiger partial charge >= 0.3 is 18.3 Å². The molecule has 0 aromatic carbocycles. The van der Waals surface area contributed by atoms with Gasteiger partial charge < -0.3 is 40.8 Å². The summed E-state index contributed by atoms with van der Waals surface area (Å²) in [4.78, 5) is 63.9. The second-order valence-corrected chi connectivity index (χ2v) is 14.6. The van der Waals surface area contributed by atoms with Crippen molar-refractivity contribution in [1.29, 1.82) is 0 Å². The van der Waals surface area contributed by atoms with Crippen molar-refractivity contribution < 1.29 is 42.6 Å². The monoisotopic (exact) mass is 739 g/mol. The molecule has 2 unspecified atom stereocenters. The second-order valence-electron chi connectivity index (χ2n) is 14.6. The molecule has 15 nitrogen and oxygen atoms in total. The molecule has 2 atom stereocenters. The zero-order valence-electron chi connectivity index (χ0n) is 31.6. The van der Waals surface area contributed by atoms with Crippen LogP contribution in [0.4, 0.5) is 18.8 Å². The molecule has 0 aromatic heterocycles. The topological polar surface area (TPSA) is 198 Å². The normalized spacial score (nSPS) is 13.1. The molecular formula is C33H63ClFN7O8. The molecule has 0 saturated heterocycles. The van der Waals surface area contributed by atoms with Crippen molar-refractivity contribution in [3.05, 3.63) is 0 Å². The summed E-state index contributed by atoms with van der Waals surface area (Å²) < 4.78 is 29.9. The first-order chi connectivity index (χ1) is 22.6. The minimum Gasteiger partial charge on any atom is -0.444 e. The summed E-state index contributed by atoms with van der Waals surface area (Å²) in [5.74, 6) is -2.05. The number of hydrogen-bond acceptors (Lipinski definition) is 9. The van der Waals surface area contributed by atoms with Gasteiger partial charge in [0.1, 0.15) is 16.8 Å². The van der Waals surface area contributed by atoms with E-state index < -0.39 is 53.1 Å².